The van der Waals surface area contributed by atoms with E-state index in [1.807, 2.05) is 20.8 Å². The van der Waals surface area contributed by atoms with E-state index in [1.165, 1.54) is 0 Å². The molecule has 0 aromatic rings. The number of rotatable bonds is 7. The highest BCUT2D eigenvalue weighted by molar-refractivity contribution is 7.89. The van der Waals surface area contributed by atoms with Crippen LogP contribution in [0.2, 0.25) is 0 Å². The van der Waals surface area contributed by atoms with Crippen molar-refractivity contribution in [3.05, 3.63) is 0 Å². The highest BCUT2D eigenvalue weighted by atomic mass is 32.2. The van der Waals surface area contributed by atoms with Gasteiger partial charge in [-0.15, -0.1) is 0 Å². The van der Waals surface area contributed by atoms with Gasteiger partial charge in [0.05, 0.1) is 24.5 Å². The Kier molecular flexibility index (Phi) is 6.04. The zero-order valence-corrected chi connectivity index (χ0v) is 12.6. The van der Waals surface area contributed by atoms with Crippen LogP contribution >= 0.6 is 0 Å². The van der Waals surface area contributed by atoms with Crippen molar-refractivity contribution in [3.8, 4) is 0 Å². The van der Waals surface area contributed by atoms with Crippen LogP contribution in [0, 0.1) is 0 Å². The van der Waals surface area contributed by atoms with E-state index in [2.05, 4.69) is 5.32 Å². The lowest BCUT2D eigenvalue weighted by Gasteiger charge is -2.40. The minimum Gasteiger partial charge on any atom is -0.378 e. The van der Waals surface area contributed by atoms with Gasteiger partial charge in [-0.2, -0.15) is 4.31 Å². The maximum Gasteiger partial charge on any atom is 0.214 e. The fraction of sp³-hybridized carbons (Fsp3) is 1.00. The van der Waals surface area contributed by atoms with Crippen molar-refractivity contribution in [2.75, 3.05) is 38.6 Å². The molecule has 18 heavy (non-hydrogen) atoms. The topological polar surface area (TPSA) is 58.6 Å². The molecule has 0 amide bonds. The summed E-state index contributed by atoms with van der Waals surface area (Å²) in [6.07, 6.45) is 1.61. The normalized spacial score (nSPS) is 21.1. The summed E-state index contributed by atoms with van der Waals surface area (Å²) < 4.78 is 31.5. The zero-order chi connectivity index (χ0) is 13.6. The summed E-state index contributed by atoms with van der Waals surface area (Å²) in [4.78, 5) is 0. The van der Waals surface area contributed by atoms with Crippen molar-refractivity contribution in [1.29, 1.82) is 0 Å². The van der Waals surface area contributed by atoms with Gasteiger partial charge in [0.2, 0.25) is 10.0 Å². The van der Waals surface area contributed by atoms with Gasteiger partial charge in [-0.1, -0.05) is 6.92 Å². The second kappa shape index (κ2) is 6.84. The van der Waals surface area contributed by atoms with Crippen molar-refractivity contribution < 1.29 is 13.2 Å². The van der Waals surface area contributed by atoms with Crippen molar-refractivity contribution in [3.63, 3.8) is 0 Å². The van der Waals surface area contributed by atoms with E-state index in [1.54, 1.807) is 4.31 Å². The van der Waals surface area contributed by atoms with Crippen molar-refractivity contribution >= 4 is 10.0 Å². The standard InChI is InChI=1S/C12H26N2O3S/c1-4-13-7-5-6-10-18(15,16)14-8-9-17-11-12(14,2)3/h13H,4-11H2,1-3H3. The molecule has 0 aromatic carbocycles. The van der Waals surface area contributed by atoms with Gasteiger partial charge in [0, 0.05) is 6.54 Å². The molecule has 5 nitrogen and oxygen atoms in total. The lowest BCUT2D eigenvalue weighted by Crippen LogP contribution is -2.55. The van der Waals surface area contributed by atoms with E-state index in [9.17, 15) is 8.42 Å². The molecule has 1 aliphatic heterocycles. The molecule has 1 aliphatic rings. The van der Waals surface area contributed by atoms with Crippen LogP contribution in [0.25, 0.3) is 0 Å². The minimum absolute atomic E-state index is 0.238. The smallest absolute Gasteiger partial charge is 0.214 e. The van der Waals surface area contributed by atoms with Crippen LogP contribution in [-0.4, -0.2) is 56.9 Å². The Balaban J connectivity index is 2.47. The van der Waals surface area contributed by atoms with Crippen LogP contribution in [0.4, 0.5) is 0 Å². The number of hydrogen-bond acceptors (Lipinski definition) is 4. The average Bonchev–Trinajstić information content (AvgIpc) is 2.27. The summed E-state index contributed by atoms with van der Waals surface area (Å²) in [6, 6.07) is 0. The molecule has 0 aliphatic carbocycles. The predicted molar refractivity (Wildman–Crippen MR) is 73.2 cm³/mol. The van der Waals surface area contributed by atoms with Gasteiger partial charge in [0.25, 0.3) is 0 Å². The Morgan fingerprint density at radius 3 is 2.67 bits per heavy atom. The minimum atomic E-state index is -3.15. The van der Waals surface area contributed by atoms with Crippen molar-refractivity contribution in [1.82, 2.24) is 9.62 Å². The molecule has 0 bridgehead atoms. The highest BCUT2D eigenvalue weighted by Crippen LogP contribution is 2.23. The Labute approximate surface area is 111 Å². The first-order chi connectivity index (χ1) is 8.40. The van der Waals surface area contributed by atoms with Gasteiger partial charge in [-0.3, -0.25) is 0 Å². The number of ether oxygens (including phenoxy) is 1. The summed E-state index contributed by atoms with van der Waals surface area (Å²) in [5.41, 5.74) is -0.418. The van der Waals surface area contributed by atoms with Crippen LogP contribution in [0.3, 0.4) is 0 Å². The molecule has 0 saturated carbocycles. The summed E-state index contributed by atoms with van der Waals surface area (Å²) in [7, 11) is -3.15. The molecule has 1 rings (SSSR count). The first-order valence-corrected chi connectivity index (χ1v) is 8.30. The van der Waals surface area contributed by atoms with Gasteiger partial charge in [-0.25, -0.2) is 8.42 Å². The van der Waals surface area contributed by atoms with E-state index in [0.717, 1.165) is 19.5 Å². The predicted octanol–water partition coefficient (Wildman–Crippen LogP) is 0.817. The van der Waals surface area contributed by atoms with Gasteiger partial charge in [0.15, 0.2) is 0 Å². The van der Waals surface area contributed by atoms with Crippen LogP contribution in [0.15, 0.2) is 0 Å². The quantitative estimate of drug-likeness (QED) is 0.700. The Hall–Kier alpha value is -0.170. The average molecular weight is 278 g/mol. The Bertz CT molecular complexity index is 341. The summed E-state index contributed by atoms with van der Waals surface area (Å²) in [5.74, 6) is 0.238. The lowest BCUT2D eigenvalue weighted by atomic mass is 10.1. The van der Waals surface area contributed by atoms with Crippen molar-refractivity contribution in [2.24, 2.45) is 0 Å². The highest BCUT2D eigenvalue weighted by Gasteiger charge is 2.38. The second-order valence-electron chi connectivity index (χ2n) is 5.31. The van der Waals surface area contributed by atoms with Crippen LogP contribution < -0.4 is 5.32 Å². The molecular formula is C12H26N2O3S. The molecule has 0 aromatic heterocycles. The molecule has 1 heterocycles. The molecule has 1 saturated heterocycles. The van der Waals surface area contributed by atoms with E-state index < -0.39 is 15.6 Å². The third kappa shape index (κ3) is 4.50. The summed E-state index contributed by atoms with van der Waals surface area (Å²) >= 11 is 0. The van der Waals surface area contributed by atoms with E-state index in [4.69, 9.17) is 4.74 Å². The third-order valence-electron chi connectivity index (χ3n) is 3.16. The van der Waals surface area contributed by atoms with Crippen molar-refractivity contribution in [2.45, 2.75) is 39.2 Å². The lowest BCUT2D eigenvalue weighted by molar-refractivity contribution is -0.00769. The maximum absolute atomic E-state index is 12.3. The van der Waals surface area contributed by atoms with E-state index in [-0.39, 0.29) is 5.75 Å². The number of sulfonamides is 1. The molecule has 0 radical (unpaired) electrons. The SMILES string of the molecule is CCNCCCCS(=O)(=O)N1CCOCC1(C)C. The fourth-order valence-electron chi connectivity index (χ4n) is 2.18. The van der Waals surface area contributed by atoms with Crippen LogP contribution in [0.5, 0.6) is 0 Å². The van der Waals surface area contributed by atoms with E-state index >= 15 is 0 Å². The molecule has 1 N–H and O–H groups in total. The summed E-state index contributed by atoms with van der Waals surface area (Å²) in [6.45, 7) is 9.16. The molecule has 0 spiro atoms. The molecular weight excluding hydrogens is 252 g/mol. The first-order valence-electron chi connectivity index (χ1n) is 6.69. The van der Waals surface area contributed by atoms with Gasteiger partial charge in [0.1, 0.15) is 0 Å². The fourth-order valence-corrected chi connectivity index (χ4v) is 4.13. The van der Waals surface area contributed by atoms with E-state index in [0.29, 0.717) is 26.2 Å². The molecule has 6 heteroatoms. The number of unbranched alkanes of at least 4 members (excludes halogenated alkanes) is 1. The largest absolute Gasteiger partial charge is 0.378 e. The van der Waals surface area contributed by atoms with Crippen LogP contribution in [0.1, 0.15) is 33.6 Å². The molecule has 0 unspecified atom stereocenters. The number of hydrogen-bond donors (Lipinski definition) is 1. The first kappa shape index (κ1) is 15.9. The number of morpholine rings is 1. The maximum atomic E-state index is 12.3. The Morgan fingerprint density at radius 1 is 1.33 bits per heavy atom. The monoisotopic (exact) mass is 278 g/mol. The molecule has 0 atom stereocenters. The molecule has 1 fully saturated rings. The zero-order valence-electron chi connectivity index (χ0n) is 11.7. The third-order valence-corrected chi connectivity index (χ3v) is 5.31. The van der Waals surface area contributed by atoms with Gasteiger partial charge in [-0.05, 0) is 39.8 Å². The summed E-state index contributed by atoms with van der Waals surface area (Å²) in [5, 5.41) is 3.20. The number of nitrogens with zero attached hydrogens (tertiary/aromatic N) is 1. The van der Waals surface area contributed by atoms with Gasteiger partial charge < -0.3 is 10.1 Å². The van der Waals surface area contributed by atoms with Crippen LogP contribution in [-0.2, 0) is 14.8 Å². The second-order valence-corrected chi connectivity index (χ2v) is 7.33. The Morgan fingerprint density at radius 2 is 2.06 bits per heavy atom. The van der Waals surface area contributed by atoms with Gasteiger partial charge >= 0.3 is 0 Å². The molecule has 108 valence electrons. The number of nitrogens with one attached hydrogen (secondary N) is 1.